The molecule has 1 aliphatic rings. The van der Waals surface area contributed by atoms with Crippen molar-refractivity contribution in [1.82, 2.24) is 15.1 Å². The number of hydrogen-bond acceptors (Lipinski definition) is 2. The highest BCUT2D eigenvalue weighted by molar-refractivity contribution is 9.10. The maximum atomic E-state index is 12.5. The number of nitrogens with zero attached hydrogens (tertiary/aromatic N) is 2. The van der Waals surface area contributed by atoms with Gasteiger partial charge in [-0.1, -0.05) is 52.3 Å². The number of benzene rings is 2. The minimum absolute atomic E-state index is 0.0921. The lowest BCUT2D eigenvalue weighted by Crippen LogP contribution is -2.25. The fourth-order valence-corrected chi connectivity index (χ4v) is 3.59. The molecule has 1 amide bonds. The Hall–Kier alpha value is -2.40. The van der Waals surface area contributed by atoms with Crippen LogP contribution in [-0.2, 0) is 17.9 Å². The van der Waals surface area contributed by atoms with Crippen LogP contribution in [-0.4, -0.2) is 15.7 Å². The molecule has 2 unspecified atom stereocenters. The standard InChI is InChI=1S/C21H20BrN3O/c22-18-8-6-15(7-9-18)19-12-20(19)21(26)23-13-16-4-1-2-5-17(16)14-25-11-3-10-24-25/h1-11,19-20H,12-14H2,(H,23,26). The number of aromatic nitrogens is 2. The highest BCUT2D eigenvalue weighted by Crippen LogP contribution is 2.47. The fourth-order valence-electron chi connectivity index (χ4n) is 3.33. The molecule has 4 nitrogen and oxygen atoms in total. The summed E-state index contributed by atoms with van der Waals surface area (Å²) in [6.45, 7) is 1.27. The van der Waals surface area contributed by atoms with E-state index in [1.165, 1.54) is 11.1 Å². The molecule has 5 heteroatoms. The number of carbonyl (C=O) groups excluding carboxylic acids is 1. The van der Waals surface area contributed by atoms with Gasteiger partial charge in [0.25, 0.3) is 0 Å². The first-order valence-corrected chi connectivity index (χ1v) is 9.57. The van der Waals surface area contributed by atoms with Gasteiger partial charge >= 0.3 is 0 Å². The van der Waals surface area contributed by atoms with Crippen LogP contribution in [0.2, 0.25) is 0 Å². The zero-order chi connectivity index (χ0) is 17.9. The third-order valence-corrected chi connectivity index (χ3v) is 5.42. The molecule has 1 aromatic heterocycles. The van der Waals surface area contributed by atoms with Crippen LogP contribution in [0.15, 0.2) is 71.5 Å². The zero-order valence-electron chi connectivity index (χ0n) is 14.3. The number of carbonyl (C=O) groups is 1. The summed E-state index contributed by atoms with van der Waals surface area (Å²) in [5.41, 5.74) is 3.56. The molecule has 1 fully saturated rings. The van der Waals surface area contributed by atoms with Crippen molar-refractivity contribution in [2.75, 3.05) is 0 Å². The van der Waals surface area contributed by atoms with E-state index in [1.807, 2.05) is 41.2 Å². The van der Waals surface area contributed by atoms with Crippen LogP contribution in [0.4, 0.5) is 0 Å². The van der Waals surface area contributed by atoms with Gasteiger partial charge in [-0.25, -0.2) is 0 Å². The number of nitrogens with one attached hydrogen (secondary N) is 1. The van der Waals surface area contributed by atoms with Gasteiger partial charge in [-0.15, -0.1) is 0 Å². The summed E-state index contributed by atoms with van der Waals surface area (Å²) >= 11 is 3.45. The van der Waals surface area contributed by atoms with Crippen LogP contribution in [0, 0.1) is 5.92 Å². The first-order chi connectivity index (χ1) is 12.7. The molecule has 0 saturated heterocycles. The molecule has 132 valence electrons. The molecule has 0 spiro atoms. The maximum absolute atomic E-state index is 12.5. The number of rotatable bonds is 6. The van der Waals surface area contributed by atoms with Crippen molar-refractivity contribution in [3.8, 4) is 0 Å². The summed E-state index contributed by atoms with van der Waals surface area (Å²) in [4.78, 5) is 12.5. The third kappa shape index (κ3) is 3.88. The second-order valence-electron chi connectivity index (χ2n) is 6.69. The smallest absolute Gasteiger partial charge is 0.224 e. The minimum atomic E-state index is 0.0921. The number of hydrogen-bond donors (Lipinski definition) is 1. The van der Waals surface area contributed by atoms with Gasteiger partial charge in [0.2, 0.25) is 5.91 Å². The Morgan fingerprint density at radius 3 is 2.62 bits per heavy atom. The van der Waals surface area contributed by atoms with E-state index < -0.39 is 0 Å². The number of halogens is 1. The summed E-state index contributed by atoms with van der Waals surface area (Å²) in [6, 6.07) is 18.4. The summed E-state index contributed by atoms with van der Waals surface area (Å²) in [6.07, 6.45) is 4.66. The van der Waals surface area contributed by atoms with Crippen LogP contribution in [0.1, 0.15) is 29.0 Å². The zero-order valence-corrected chi connectivity index (χ0v) is 15.9. The van der Waals surface area contributed by atoms with E-state index in [4.69, 9.17) is 0 Å². The first kappa shape index (κ1) is 17.0. The molecule has 26 heavy (non-hydrogen) atoms. The molecule has 1 saturated carbocycles. The Balaban J connectivity index is 1.36. The largest absolute Gasteiger partial charge is 0.352 e. The average Bonchev–Trinajstić information content (AvgIpc) is 3.30. The van der Waals surface area contributed by atoms with E-state index in [1.54, 1.807) is 6.20 Å². The van der Waals surface area contributed by atoms with E-state index in [9.17, 15) is 4.79 Å². The summed E-state index contributed by atoms with van der Waals surface area (Å²) in [7, 11) is 0. The molecular formula is C21H20BrN3O. The van der Waals surface area contributed by atoms with Crippen molar-refractivity contribution in [2.24, 2.45) is 5.92 Å². The van der Waals surface area contributed by atoms with E-state index in [0.717, 1.165) is 16.5 Å². The molecular weight excluding hydrogens is 390 g/mol. The van der Waals surface area contributed by atoms with Crippen LogP contribution in [0.3, 0.4) is 0 Å². The summed E-state index contributed by atoms with van der Waals surface area (Å²) in [5, 5.41) is 7.38. The van der Waals surface area contributed by atoms with Crippen LogP contribution < -0.4 is 5.32 Å². The van der Waals surface area contributed by atoms with Crippen LogP contribution in [0.25, 0.3) is 0 Å². The highest BCUT2D eigenvalue weighted by Gasteiger charge is 2.43. The van der Waals surface area contributed by atoms with Gasteiger partial charge in [-0.3, -0.25) is 9.48 Å². The molecule has 0 aliphatic heterocycles. The Labute approximate surface area is 161 Å². The summed E-state index contributed by atoms with van der Waals surface area (Å²) < 4.78 is 2.96. The Morgan fingerprint density at radius 2 is 1.88 bits per heavy atom. The van der Waals surface area contributed by atoms with Crippen molar-refractivity contribution in [1.29, 1.82) is 0 Å². The molecule has 1 heterocycles. The first-order valence-electron chi connectivity index (χ1n) is 8.78. The normalized spacial score (nSPS) is 18.5. The molecule has 1 aliphatic carbocycles. The van der Waals surface area contributed by atoms with Gasteiger partial charge in [0.05, 0.1) is 6.54 Å². The van der Waals surface area contributed by atoms with Crippen molar-refractivity contribution in [3.63, 3.8) is 0 Å². The predicted molar refractivity (Wildman–Crippen MR) is 105 cm³/mol. The van der Waals surface area contributed by atoms with Gasteiger partial charge in [-0.05, 0) is 47.2 Å². The van der Waals surface area contributed by atoms with E-state index in [0.29, 0.717) is 19.0 Å². The molecule has 0 bridgehead atoms. The number of amides is 1. The van der Waals surface area contributed by atoms with E-state index >= 15 is 0 Å². The van der Waals surface area contributed by atoms with E-state index in [-0.39, 0.29) is 11.8 Å². The monoisotopic (exact) mass is 409 g/mol. The van der Waals surface area contributed by atoms with Crippen molar-refractivity contribution in [3.05, 3.63) is 88.2 Å². The van der Waals surface area contributed by atoms with Gasteiger partial charge in [-0.2, -0.15) is 5.10 Å². The van der Waals surface area contributed by atoms with Gasteiger partial charge in [0.1, 0.15) is 0 Å². The lowest BCUT2D eigenvalue weighted by Gasteiger charge is -2.11. The molecule has 4 rings (SSSR count). The lowest BCUT2D eigenvalue weighted by molar-refractivity contribution is -0.122. The highest BCUT2D eigenvalue weighted by atomic mass is 79.9. The topological polar surface area (TPSA) is 46.9 Å². The maximum Gasteiger partial charge on any atom is 0.224 e. The average molecular weight is 410 g/mol. The molecule has 2 atom stereocenters. The van der Waals surface area contributed by atoms with E-state index in [2.05, 4.69) is 50.6 Å². The Kier molecular flexibility index (Phi) is 4.89. The SMILES string of the molecule is O=C(NCc1ccccc1Cn1cccn1)C1CC1c1ccc(Br)cc1. The fraction of sp³-hybridized carbons (Fsp3) is 0.238. The third-order valence-electron chi connectivity index (χ3n) is 4.89. The second kappa shape index (κ2) is 7.46. The molecule has 1 N–H and O–H groups in total. The van der Waals surface area contributed by atoms with Crippen LogP contribution >= 0.6 is 15.9 Å². The molecule has 3 aromatic rings. The van der Waals surface area contributed by atoms with Gasteiger partial charge in [0, 0.05) is 29.3 Å². The Morgan fingerprint density at radius 1 is 1.12 bits per heavy atom. The second-order valence-corrected chi connectivity index (χ2v) is 7.61. The van der Waals surface area contributed by atoms with Crippen molar-refractivity contribution >= 4 is 21.8 Å². The predicted octanol–water partition coefficient (Wildman–Crippen LogP) is 4.11. The lowest BCUT2D eigenvalue weighted by atomic mass is 10.1. The van der Waals surface area contributed by atoms with Crippen LogP contribution in [0.5, 0.6) is 0 Å². The minimum Gasteiger partial charge on any atom is -0.352 e. The Bertz CT molecular complexity index is 890. The van der Waals surface area contributed by atoms with Crippen molar-refractivity contribution < 1.29 is 4.79 Å². The van der Waals surface area contributed by atoms with Gasteiger partial charge in [0.15, 0.2) is 0 Å². The van der Waals surface area contributed by atoms with Gasteiger partial charge < -0.3 is 5.32 Å². The summed E-state index contributed by atoms with van der Waals surface area (Å²) in [5.74, 6) is 0.587. The molecule has 0 radical (unpaired) electrons. The molecule has 2 aromatic carbocycles. The van der Waals surface area contributed by atoms with Crippen molar-refractivity contribution in [2.45, 2.75) is 25.4 Å². The quantitative estimate of drug-likeness (QED) is 0.665.